The van der Waals surface area contributed by atoms with Crippen molar-refractivity contribution in [2.45, 2.75) is 37.0 Å². The van der Waals surface area contributed by atoms with Crippen LogP contribution in [0.4, 0.5) is 0 Å². The normalized spacial score (nSPS) is 11.6. The Balaban J connectivity index is 0.000000187. The first-order chi connectivity index (χ1) is 21.8. The molecule has 0 unspecified atom stereocenters. The summed E-state index contributed by atoms with van der Waals surface area (Å²) in [6, 6.07) is 39.2. The molecule has 231 valence electrons. The van der Waals surface area contributed by atoms with E-state index in [9.17, 15) is 0 Å². The van der Waals surface area contributed by atoms with Gasteiger partial charge < -0.3 is 13.8 Å². The van der Waals surface area contributed by atoms with Crippen LogP contribution < -0.4 is 4.40 Å². The average Bonchev–Trinajstić information content (AvgIpc) is 3.63. The van der Waals surface area contributed by atoms with E-state index >= 15 is 0 Å². The van der Waals surface area contributed by atoms with Gasteiger partial charge in [-0.1, -0.05) is 54.6 Å². The van der Waals surface area contributed by atoms with E-state index in [4.69, 9.17) is 8.83 Å². The van der Waals surface area contributed by atoms with Crippen molar-refractivity contribution in [2.75, 3.05) is 0 Å². The van der Waals surface area contributed by atoms with E-state index in [-0.39, 0.29) is 20.1 Å². The Morgan fingerprint density at radius 3 is 2.15 bits per heavy atom. The molecule has 4 aromatic carbocycles. The Kier molecular flexibility index (Phi) is 9.02. The maximum absolute atomic E-state index is 6.35. The van der Waals surface area contributed by atoms with Crippen molar-refractivity contribution in [3.8, 4) is 22.5 Å². The van der Waals surface area contributed by atoms with Crippen molar-refractivity contribution < 1.29 is 28.9 Å². The second-order valence-corrected chi connectivity index (χ2v) is 23.3. The summed E-state index contributed by atoms with van der Waals surface area (Å²) in [5, 5.41) is 4.34. The SMILES string of the molecule is CC(C)c1ccnc(-c2[c-]ccc3c2oc2ccc4oc5ccccc5c4c23)c1.[CH3][Ge]([CH3])([CH3])[c]1ccc(-c2[c-]cccc2)nc1.[Ir]. The van der Waals surface area contributed by atoms with Crippen molar-refractivity contribution in [3.63, 3.8) is 0 Å². The minimum atomic E-state index is -1.72. The topological polar surface area (TPSA) is 52.1 Å². The predicted octanol–water partition coefficient (Wildman–Crippen LogP) is 10.6. The van der Waals surface area contributed by atoms with Crippen LogP contribution in [0.25, 0.3) is 66.4 Å². The molecular formula is C40H34GeIrN2O2-2. The summed E-state index contributed by atoms with van der Waals surface area (Å²) in [5.41, 5.74) is 8.52. The van der Waals surface area contributed by atoms with Crippen LogP contribution in [-0.4, -0.2) is 23.2 Å². The molecule has 46 heavy (non-hydrogen) atoms. The molecule has 4 nitrogen and oxygen atoms in total. The summed E-state index contributed by atoms with van der Waals surface area (Å²) < 4.78 is 13.9. The van der Waals surface area contributed by atoms with Crippen LogP contribution in [-0.2, 0) is 20.1 Å². The molecule has 0 saturated heterocycles. The van der Waals surface area contributed by atoms with Crippen LogP contribution in [0, 0.1) is 12.1 Å². The predicted molar refractivity (Wildman–Crippen MR) is 189 cm³/mol. The smallest absolute Gasteiger partial charge is 0 e. The minimum absolute atomic E-state index is 0. The number of furan rings is 2. The van der Waals surface area contributed by atoms with Gasteiger partial charge in [-0.3, -0.25) is 0 Å². The van der Waals surface area contributed by atoms with Gasteiger partial charge in [-0.15, -0.1) is 18.2 Å². The zero-order valence-electron chi connectivity index (χ0n) is 26.5. The molecule has 0 bridgehead atoms. The number of rotatable bonds is 4. The fraction of sp³-hybridized carbons (Fsp3) is 0.150. The number of pyridine rings is 2. The first kappa shape index (κ1) is 31.9. The number of nitrogens with zero attached hydrogens (tertiary/aromatic N) is 2. The number of fused-ring (bicyclic) bond motifs is 7. The molecule has 0 N–H and O–H groups in total. The average molecular weight is 840 g/mol. The molecule has 0 saturated carbocycles. The standard InChI is InChI=1S/C26H18NO2.C14H16GeN.Ir/c1-15(2)16-12-13-27-20(14-16)17-7-5-8-19-25-23(29-26(17)19)11-10-22-24(25)18-6-3-4-9-21(18)28-22;1-15(2,3)13-9-10-14(16-11-13)12-7-5-4-6-8-12;/h3-6,8-15H,1-2H3;4-7,9-11H,1-3H3;/q2*-1;. The minimum Gasteiger partial charge on any atom is 0 e. The van der Waals surface area contributed by atoms with E-state index in [0.717, 1.165) is 66.4 Å². The molecule has 0 aliphatic heterocycles. The van der Waals surface area contributed by atoms with Gasteiger partial charge in [0.2, 0.25) is 0 Å². The van der Waals surface area contributed by atoms with E-state index in [0.29, 0.717) is 5.92 Å². The van der Waals surface area contributed by atoms with Crippen molar-refractivity contribution in [1.82, 2.24) is 9.97 Å². The molecule has 8 rings (SSSR count). The van der Waals surface area contributed by atoms with Crippen molar-refractivity contribution in [1.29, 1.82) is 0 Å². The third kappa shape index (κ3) is 6.07. The van der Waals surface area contributed by atoms with E-state index in [2.05, 4.69) is 89.6 Å². The van der Waals surface area contributed by atoms with Gasteiger partial charge in [-0.25, -0.2) is 0 Å². The largest absolute Gasteiger partial charge is 0 e. The van der Waals surface area contributed by atoms with Gasteiger partial charge in [0.05, 0.1) is 5.58 Å². The first-order valence-corrected chi connectivity index (χ1v) is 22.7. The van der Waals surface area contributed by atoms with Gasteiger partial charge in [-0.2, -0.15) is 0 Å². The molecule has 0 fully saturated rings. The quantitative estimate of drug-likeness (QED) is 0.131. The molecule has 0 aliphatic carbocycles. The molecular weight excluding hydrogens is 805 g/mol. The third-order valence-corrected chi connectivity index (χ3v) is 12.5. The summed E-state index contributed by atoms with van der Waals surface area (Å²) in [5.74, 6) is 7.57. The van der Waals surface area contributed by atoms with Gasteiger partial charge in [0.15, 0.2) is 0 Å². The summed E-state index contributed by atoms with van der Waals surface area (Å²) in [6.07, 6.45) is 3.90. The van der Waals surface area contributed by atoms with E-state index < -0.39 is 13.3 Å². The van der Waals surface area contributed by atoms with Crippen LogP contribution >= 0.6 is 0 Å². The Morgan fingerprint density at radius 1 is 0.674 bits per heavy atom. The second-order valence-electron chi connectivity index (χ2n) is 12.7. The fourth-order valence-electron chi connectivity index (χ4n) is 5.73. The van der Waals surface area contributed by atoms with Crippen molar-refractivity contribution in [3.05, 3.63) is 127 Å². The molecule has 4 heterocycles. The van der Waals surface area contributed by atoms with E-state index in [1.807, 2.05) is 73.1 Å². The summed E-state index contributed by atoms with van der Waals surface area (Å²) in [7, 11) is 0. The Hall–Kier alpha value is -4.03. The first-order valence-electron chi connectivity index (χ1n) is 15.3. The van der Waals surface area contributed by atoms with E-state index in [1.54, 1.807) is 0 Å². The number of hydrogen-bond donors (Lipinski definition) is 0. The van der Waals surface area contributed by atoms with Crippen LogP contribution in [0.15, 0.2) is 118 Å². The van der Waals surface area contributed by atoms with Gasteiger partial charge in [0.1, 0.15) is 16.7 Å². The van der Waals surface area contributed by atoms with Crippen molar-refractivity contribution >= 4 is 61.5 Å². The van der Waals surface area contributed by atoms with Gasteiger partial charge in [-0.05, 0) is 35.9 Å². The maximum Gasteiger partial charge on any atom is 0 e. The van der Waals surface area contributed by atoms with Gasteiger partial charge >= 0.3 is 99.8 Å². The Labute approximate surface area is 285 Å². The Morgan fingerprint density at radius 2 is 1.43 bits per heavy atom. The zero-order valence-corrected chi connectivity index (χ0v) is 31.0. The molecule has 6 heteroatoms. The maximum atomic E-state index is 6.35. The summed E-state index contributed by atoms with van der Waals surface area (Å²) in [6.45, 7) is 4.37. The number of para-hydroxylation sites is 1. The molecule has 0 amide bonds. The molecule has 0 spiro atoms. The van der Waals surface area contributed by atoms with Gasteiger partial charge in [0, 0.05) is 42.5 Å². The molecule has 0 atom stereocenters. The molecule has 8 aromatic rings. The van der Waals surface area contributed by atoms with Crippen LogP contribution in [0.1, 0.15) is 25.3 Å². The van der Waals surface area contributed by atoms with Gasteiger partial charge in [0.25, 0.3) is 0 Å². The van der Waals surface area contributed by atoms with E-state index in [1.165, 1.54) is 9.96 Å². The van der Waals surface area contributed by atoms with Crippen LogP contribution in [0.2, 0.25) is 17.3 Å². The van der Waals surface area contributed by atoms with Crippen LogP contribution in [0.5, 0.6) is 0 Å². The summed E-state index contributed by atoms with van der Waals surface area (Å²) >= 11 is -1.72. The summed E-state index contributed by atoms with van der Waals surface area (Å²) in [4.78, 5) is 9.14. The fourth-order valence-corrected chi connectivity index (χ4v) is 7.90. The zero-order chi connectivity index (χ0) is 31.1. The van der Waals surface area contributed by atoms with Crippen LogP contribution in [0.3, 0.4) is 0 Å². The number of aromatic nitrogens is 2. The molecule has 0 aliphatic rings. The number of benzene rings is 4. The number of hydrogen-bond acceptors (Lipinski definition) is 4. The molecule has 4 aromatic heterocycles. The Bertz CT molecular complexity index is 2280. The third-order valence-electron chi connectivity index (χ3n) is 8.26. The van der Waals surface area contributed by atoms with Crippen molar-refractivity contribution in [2.24, 2.45) is 0 Å². The monoisotopic (exact) mass is 841 g/mol. The molecule has 1 radical (unpaired) electrons. The second kappa shape index (κ2) is 13.0.